The summed E-state index contributed by atoms with van der Waals surface area (Å²) in [6.45, 7) is 11.3. The van der Waals surface area contributed by atoms with E-state index in [0.717, 1.165) is 12.2 Å². The predicted molar refractivity (Wildman–Crippen MR) is 69.9 cm³/mol. The maximum absolute atomic E-state index is 9.22. The van der Waals surface area contributed by atoms with E-state index in [0.29, 0.717) is 0 Å². The molecule has 4 heteroatoms. The molecule has 1 rings (SSSR count). The number of aliphatic hydroxyl groups is 1. The number of aryl methyl sites for hydroxylation is 1. The van der Waals surface area contributed by atoms with Crippen LogP contribution >= 0.6 is 0 Å². The highest BCUT2D eigenvalue weighted by atomic mass is 16.3. The number of aliphatic hydroxyl groups excluding tert-OH is 1. The molecule has 0 aliphatic heterocycles. The monoisotopic (exact) mass is 239 g/mol. The SMILES string of the molecule is Cn1cc(CNC(C)(C)CO)c(C(C)(C)C)n1. The van der Waals surface area contributed by atoms with Crippen molar-refractivity contribution in [1.82, 2.24) is 15.1 Å². The summed E-state index contributed by atoms with van der Waals surface area (Å²) in [5, 5.41) is 17.1. The third kappa shape index (κ3) is 3.82. The Labute approximate surface area is 104 Å². The third-order valence-corrected chi connectivity index (χ3v) is 2.77. The molecule has 0 bridgehead atoms. The number of nitrogens with one attached hydrogen (secondary N) is 1. The Morgan fingerprint density at radius 3 is 2.35 bits per heavy atom. The molecule has 1 aromatic rings. The van der Waals surface area contributed by atoms with Gasteiger partial charge in [0.1, 0.15) is 0 Å². The smallest absolute Gasteiger partial charge is 0.0722 e. The van der Waals surface area contributed by atoms with Crippen LogP contribution in [0.5, 0.6) is 0 Å². The van der Waals surface area contributed by atoms with Gasteiger partial charge in [-0.1, -0.05) is 20.8 Å². The zero-order chi connectivity index (χ0) is 13.3. The normalized spacial score (nSPS) is 13.1. The van der Waals surface area contributed by atoms with Gasteiger partial charge in [-0.2, -0.15) is 5.10 Å². The van der Waals surface area contributed by atoms with Crippen molar-refractivity contribution in [1.29, 1.82) is 0 Å². The first-order valence-electron chi connectivity index (χ1n) is 6.04. The molecule has 0 aliphatic rings. The Balaban J connectivity index is 2.85. The van der Waals surface area contributed by atoms with Crippen molar-refractivity contribution >= 4 is 0 Å². The molecule has 0 aliphatic carbocycles. The van der Waals surface area contributed by atoms with E-state index >= 15 is 0 Å². The zero-order valence-corrected chi connectivity index (χ0v) is 11.8. The largest absolute Gasteiger partial charge is 0.394 e. The molecule has 17 heavy (non-hydrogen) atoms. The molecule has 0 atom stereocenters. The Kier molecular flexibility index (Phi) is 3.99. The van der Waals surface area contributed by atoms with E-state index in [1.54, 1.807) is 0 Å². The maximum atomic E-state index is 9.22. The second-order valence-electron chi connectivity index (χ2n) is 6.32. The van der Waals surface area contributed by atoms with E-state index in [1.165, 1.54) is 5.56 Å². The van der Waals surface area contributed by atoms with Crippen LogP contribution in [0.25, 0.3) is 0 Å². The average Bonchev–Trinajstić information content (AvgIpc) is 2.57. The lowest BCUT2D eigenvalue weighted by molar-refractivity contribution is 0.187. The van der Waals surface area contributed by atoms with E-state index in [-0.39, 0.29) is 17.6 Å². The van der Waals surface area contributed by atoms with Crippen LogP contribution in [0.15, 0.2) is 6.20 Å². The highest BCUT2D eigenvalue weighted by molar-refractivity contribution is 5.24. The molecule has 0 saturated carbocycles. The molecule has 0 unspecified atom stereocenters. The summed E-state index contributed by atoms with van der Waals surface area (Å²) < 4.78 is 1.85. The van der Waals surface area contributed by atoms with E-state index in [2.05, 4.69) is 31.2 Å². The second kappa shape index (κ2) is 4.78. The third-order valence-electron chi connectivity index (χ3n) is 2.77. The summed E-state index contributed by atoms with van der Waals surface area (Å²) in [6, 6.07) is 0. The molecule has 0 saturated heterocycles. The molecule has 0 aromatic carbocycles. The van der Waals surface area contributed by atoms with Crippen molar-refractivity contribution in [3.63, 3.8) is 0 Å². The highest BCUT2D eigenvalue weighted by Crippen LogP contribution is 2.24. The molecule has 1 aromatic heterocycles. The van der Waals surface area contributed by atoms with Gasteiger partial charge in [0.2, 0.25) is 0 Å². The fraction of sp³-hybridized carbons (Fsp3) is 0.769. The van der Waals surface area contributed by atoms with Crippen molar-refractivity contribution in [2.24, 2.45) is 7.05 Å². The number of rotatable bonds is 4. The van der Waals surface area contributed by atoms with Crippen LogP contribution < -0.4 is 5.32 Å². The molecule has 0 amide bonds. The summed E-state index contributed by atoms with van der Waals surface area (Å²) >= 11 is 0. The van der Waals surface area contributed by atoms with Crippen molar-refractivity contribution < 1.29 is 5.11 Å². The van der Waals surface area contributed by atoms with Crippen LogP contribution in [-0.4, -0.2) is 27.0 Å². The van der Waals surface area contributed by atoms with Gasteiger partial charge < -0.3 is 10.4 Å². The fourth-order valence-corrected chi connectivity index (χ4v) is 1.69. The van der Waals surface area contributed by atoms with Crippen LogP contribution in [-0.2, 0) is 19.0 Å². The number of hydrogen-bond acceptors (Lipinski definition) is 3. The standard InChI is InChI=1S/C13H25N3O/c1-12(2,3)11-10(8-16(6)15-11)7-14-13(4,5)9-17/h8,14,17H,7,9H2,1-6H3. The minimum atomic E-state index is -0.259. The van der Waals surface area contributed by atoms with Gasteiger partial charge in [-0.05, 0) is 13.8 Å². The quantitative estimate of drug-likeness (QED) is 0.838. The summed E-state index contributed by atoms with van der Waals surface area (Å²) in [6.07, 6.45) is 2.04. The van der Waals surface area contributed by atoms with Crippen LogP contribution in [0.3, 0.4) is 0 Å². The Morgan fingerprint density at radius 1 is 1.29 bits per heavy atom. The zero-order valence-electron chi connectivity index (χ0n) is 11.8. The Morgan fingerprint density at radius 2 is 1.88 bits per heavy atom. The molecule has 0 fully saturated rings. The summed E-state index contributed by atoms with van der Waals surface area (Å²) in [4.78, 5) is 0. The molecule has 2 N–H and O–H groups in total. The van der Waals surface area contributed by atoms with Gasteiger partial charge in [0.05, 0.1) is 12.3 Å². The molecule has 0 radical (unpaired) electrons. The lowest BCUT2D eigenvalue weighted by atomic mass is 9.89. The fourth-order valence-electron chi connectivity index (χ4n) is 1.69. The van der Waals surface area contributed by atoms with Gasteiger partial charge in [-0.15, -0.1) is 0 Å². The topological polar surface area (TPSA) is 50.1 Å². The van der Waals surface area contributed by atoms with Gasteiger partial charge >= 0.3 is 0 Å². The van der Waals surface area contributed by atoms with Crippen molar-refractivity contribution in [2.45, 2.75) is 52.1 Å². The number of aromatic nitrogens is 2. The Hall–Kier alpha value is -0.870. The van der Waals surface area contributed by atoms with Crippen LogP contribution in [0.4, 0.5) is 0 Å². The Bertz CT molecular complexity index is 375. The van der Waals surface area contributed by atoms with Gasteiger partial charge in [0.25, 0.3) is 0 Å². The molecule has 4 nitrogen and oxygen atoms in total. The van der Waals surface area contributed by atoms with E-state index < -0.39 is 0 Å². The maximum Gasteiger partial charge on any atom is 0.0722 e. The number of hydrogen-bond donors (Lipinski definition) is 2. The second-order valence-corrected chi connectivity index (χ2v) is 6.32. The highest BCUT2D eigenvalue weighted by Gasteiger charge is 2.23. The number of nitrogens with zero attached hydrogens (tertiary/aromatic N) is 2. The first kappa shape index (κ1) is 14.2. The van der Waals surface area contributed by atoms with E-state index in [9.17, 15) is 5.11 Å². The van der Waals surface area contributed by atoms with E-state index in [1.807, 2.05) is 31.8 Å². The van der Waals surface area contributed by atoms with Crippen LogP contribution in [0.2, 0.25) is 0 Å². The van der Waals surface area contributed by atoms with Crippen molar-refractivity contribution in [3.8, 4) is 0 Å². The van der Waals surface area contributed by atoms with Gasteiger partial charge in [-0.3, -0.25) is 4.68 Å². The average molecular weight is 239 g/mol. The molecular formula is C13H25N3O. The van der Waals surface area contributed by atoms with Gasteiger partial charge in [-0.25, -0.2) is 0 Å². The first-order chi connectivity index (χ1) is 7.65. The van der Waals surface area contributed by atoms with Crippen molar-refractivity contribution in [2.75, 3.05) is 6.61 Å². The van der Waals surface area contributed by atoms with Crippen LogP contribution in [0, 0.1) is 0 Å². The van der Waals surface area contributed by atoms with Crippen molar-refractivity contribution in [3.05, 3.63) is 17.5 Å². The lowest BCUT2D eigenvalue weighted by Crippen LogP contribution is -2.42. The van der Waals surface area contributed by atoms with Gasteiger partial charge in [0, 0.05) is 36.3 Å². The molecule has 0 spiro atoms. The molecular weight excluding hydrogens is 214 g/mol. The van der Waals surface area contributed by atoms with Gasteiger partial charge in [0.15, 0.2) is 0 Å². The van der Waals surface area contributed by atoms with E-state index in [4.69, 9.17) is 0 Å². The minimum absolute atomic E-state index is 0.0433. The summed E-state index contributed by atoms with van der Waals surface area (Å²) in [5.41, 5.74) is 2.09. The summed E-state index contributed by atoms with van der Waals surface area (Å²) in [5.74, 6) is 0. The predicted octanol–water partition coefficient (Wildman–Crippen LogP) is 1.58. The first-order valence-corrected chi connectivity index (χ1v) is 6.04. The molecule has 1 heterocycles. The van der Waals surface area contributed by atoms with Crippen LogP contribution in [0.1, 0.15) is 45.9 Å². The molecule has 98 valence electrons. The minimum Gasteiger partial charge on any atom is -0.394 e. The summed E-state index contributed by atoms with van der Waals surface area (Å²) in [7, 11) is 1.94. The lowest BCUT2D eigenvalue weighted by Gasteiger charge is -2.24.